The summed E-state index contributed by atoms with van der Waals surface area (Å²) in [6, 6.07) is 20.7. The van der Waals surface area contributed by atoms with Crippen molar-refractivity contribution < 1.29 is 24.1 Å². The third kappa shape index (κ3) is 5.99. The minimum atomic E-state index is -0.716. The SMILES string of the molecule is Cc1cc(OCC[C@@H](C)Oc2ccc(Cl)cc2Oc2ccccc2)ccc1C1C[C@H]1C(=O)O. The van der Waals surface area contributed by atoms with Gasteiger partial charge in [0.15, 0.2) is 11.5 Å². The minimum absolute atomic E-state index is 0.104. The van der Waals surface area contributed by atoms with Gasteiger partial charge in [0.25, 0.3) is 0 Å². The van der Waals surface area contributed by atoms with E-state index in [1.165, 1.54) is 0 Å². The van der Waals surface area contributed by atoms with Crippen LogP contribution in [-0.4, -0.2) is 23.8 Å². The molecular formula is C27H27ClO5. The number of carbonyl (C=O) groups is 1. The van der Waals surface area contributed by atoms with Crippen LogP contribution in [0.2, 0.25) is 5.02 Å². The Morgan fingerprint density at radius 1 is 1.06 bits per heavy atom. The first-order valence-corrected chi connectivity index (χ1v) is 11.4. The molecule has 5 nitrogen and oxygen atoms in total. The van der Waals surface area contributed by atoms with Crippen molar-refractivity contribution in [1.82, 2.24) is 0 Å². The number of carboxylic acid groups (broad SMARTS) is 1. The van der Waals surface area contributed by atoms with Gasteiger partial charge in [0, 0.05) is 17.5 Å². The molecule has 0 aromatic heterocycles. The zero-order valence-electron chi connectivity index (χ0n) is 18.7. The van der Waals surface area contributed by atoms with Crippen molar-refractivity contribution in [1.29, 1.82) is 0 Å². The Bertz CT molecular complexity index is 1110. The maximum Gasteiger partial charge on any atom is 0.307 e. The molecule has 6 heteroatoms. The predicted octanol–water partition coefficient (Wildman–Crippen LogP) is 6.87. The predicted molar refractivity (Wildman–Crippen MR) is 128 cm³/mol. The van der Waals surface area contributed by atoms with Gasteiger partial charge in [-0.25, -0.2) is 0 Å². The quantitative estimate of drug-likeness (QED) is 0.353. The second kappa shape index (κ2) is 10.2. The maximum atomic E-state index is 11.1. The van der Waals surface area contributed by atoms with E-state index in [4.69, 9.17) is 30.9 Å². The summed E-state index contributed by atoms with van der Waals surface area (Å²) in [5, 5.41) is 9.73. The van der Waals surface area contributed by atoms with Crippen LogP contribution in [-0.2, 0) is 4.79 Å². The number of halogens is 1. The number of hydrogen-bond donors (Lipinski definition) is 1. The van der Waals surface area contributed by atoms with Crippen molar-refractivity contribution in [2.45, 2.75) is 38.7 Å². The zero-order chi connectivity index (χ0) is 23.4. The van der Waals surface area contributed by atoms with Crippen molar-refractivity contribution in [3.8, 4) is 23.0 Å². The van der Waals surface area contributed by atoms with Gasteiger partial charge in [-0.3, -0.25) is 4.79 Å². The molecule has 1 aliphatic rings. The summed E-state index contributed by atoms with van der Waals surface area (Å²) in [4.78, 5) is 11.1. The summed E-state index contributed by atoms with van der Waals surface area (Å²) in [6.45, 7) is 4.47. The van der Waals surface area contributed by atoms with Crippen molar-refractivity contribution in [3.05, 3.63) is 82.9 Å². The summed E-state index contributed by atoms with van der Waals surface area (Å²) >= 11 is 6.16. The molecule has 33 heavy (non-hydrogen) atoms. The van der Waals surface area contributed by atoms with Crippen LogP contribution < -0.4 is 14.2 Å². The molecule has 1 fully saturated rings. The van der Waals surface area contributed by atoms with Crippen molar-refractivity contribution in [2.75, 3.05) is 6.61 Å². The lowest BCUT2D eigenvalue weighted by Gasteiger charge is -2.18. The molecule has 4 rings (SSSR count). The molecule has 0 saturated heterocycles. The van der Waals surface area contributed by atoms with E-state index in [-0.39, 0.29) is 17.9 Å². The summed E-state index contributed by atoms with van der Waals surface area (Å²) < 4.78 is 18.0. The Hall–Kier alpha value is -3.18. The molecule has 0 aliphatic heterocycles. The Kier molecular flexibility index (Phi) is 7.09. The van der Waals surface area contributed by atoms with Crippen molar-refractivity contribution in [3.63, 3.8) is 0 Å². The van der Waals surface area contributed by atoms with E-state index in [2.05, 4.69) is 0 Å². The first kappa shape index (κ1) is 23.0. The van der Waals surface area contributed by atoms with Crippen LogP contribution in [0, 0.1) is 12.8 Å². The van der Waals surface area contributed by atoms with E-state index in [0.29, 0.717) is 41.7 Å². The lowest BCUT2D eigenvalue weighted by atomic mass is 10.0. The Morgan fingerprint density at radius 3 is 2.55 bits per heavy atom. The molecule has 0 heterocycles. The maximum absolute atomic E-state index is 11.1. The molecule has 172 valence electrons. The Balaban J connectivity index is 1.31. The molecule has 1 unspecified atom stereocenters. The average Bonchev–Trinajstić information content (AvgIpc) is 3.57. The third-order valence-electron chi connectivity index (χ3n) is 5.75. The number of ether oxygens (including phenoxy) is 3. The molecule has 3 atom stereocenters. The summed E-state index contributed by atoms with van der Waals surface area (Å²) in [5.74, 6) is 1.82. The van der Waals surface area contributed by atoms with Gasteiger partial charge in [-0.2, -0.15) is 0 Å². The normalized spacial score (nSPS) is 17.8. The van der Waals surface area contributed by atoms with Crippen molar-refractivity contribution >= 4 is 17.6 Å². The Labute approximate surface area is 198 Å². The van der Waals surface area contributed by atoms with E-state index in [1.807, 2.05) is 68.4 Å². The van der Waals surface area contributed by atoms with Gasteiger partial charge in [-0.15, -0.1) is 0 Å². The van der Waals surface area contributed by atoms with Crippen LogP contribution in [0.25, 0.3) is 0 Å². The molecule has 0 radical (unpaired) electrons. The number of aryl methyl sites for hydroxylation is 1. The Morgan fingerprint density at radius 2 is 1.85 bits per heavy atom. The second-order valence-electron chi connectivity index (χ2n) is 8.38. The first-order valence-electron chi connectivity index (χ1n) is 11.1. The number of rotatable bonds is 10. The summed E-state index contributed by atoms with van der Waals surface area (Å²) in [5.41, 5.74) is 2.16. The molecule has 1 aliphatic carbocycles. The van der Waals surface area contributed by atoms with Crippen LogP contribution in [0.3, 0.4) is 0 Å². The smallest absolute Gasteiger partial charge is 0.307 e. The lowest BCUT2D eigenvalue weighted by Crippen LogP contribution is -2.16. The van der Waals surface area contributed by atoms with E-state index in [1.54, 1.807) is 12.1 Å². The highest BCUT2D eigenvalue weighted by Gasteiger charge is 2.44. The monoisotopic (exact) mass is 466 g/mol. The highest BCUT2D eigenvalue weighted by Crippen LogP contribution is 2.49. The zero-order valence-corrected chi connectivity index (χ0v) is 19.4. The second-order valence-corrected chi connectivity index (χ2v) is 8.81. The fourth-order valence-corrected chi connectivity index (χ4v) is 4.02. The molecule has 0 amide bonds. The van der Waals surface area contributed by atoms with Gasteiger partial charge in [0.1, 0.15) is 11.5 Å². The van der Waals surface area contributed by atoms with Crippen LogP contribution in [0.15, 0.2) is 66.7 Å². The van der Waals surface area contributed by atoms with Crippen LogP contribution in [0.4, 0.5) is 0 Å². The summed E-state index contributed by atoms with van der Waals surface area (Å²) in [6.07, 6.45) is 1.29. The number of aliphatic carboxylic acids is 1. The van der Waals surface area contributed by atoms with Crippen LogP contribution in [0.5, 0.6) is 23.0 Å². The van der Waals surface area contributed by atoms with Gasteiger partial charge >= 0.3 is 5.97 Å². The van der Waals surface area contributed by atoms with Crippen LogP contribution >= 0.6 is 11.6 Å². The average molecular weight is 467 g/mol. The van der Waals surface area contributed by atoms with Gasteiger partial charge in [0.05, 0.1) is 18.6 Å². The molecule has 3 aromatic carbocycles. The molecular weight excluding hydrogens is 440 g/mol. The molecule has 3 aromatic rings. The molecule has 0 bridgehead atoms. The van der Waals surface area contributed by atoms with Crippen molar-refractivity contribution in [2.24, 2.45) is 5.92 Å². The van der Waals surface area contributed by atoms with Gasteiger partial charge in [0.2, 0.25) is 0 Å². The van der Waals surface area contributed by atoms with E-state index in [0.717, 1.165) is 16.9 Å². The molecule has 0 spiro atoms. The topological polar surface area (TPSA) is 65.0 Å². The van der Waals surface area contributed by atoms with Crippen LogP contribution in [0.1, 0.15) is 36.8 Å². The largest absolute Gasteiger partial charge is 0.493 e. The minimum Gasteiger partial charge on any atom is -0.493 e. The number of para-hydroxylation sites is 1. The van der Waals surface area contributed by atoms with Gasteiger partial charge in [-0.1, -0.05) is 35.9 Å². The van der Waals surface area contributed by atoms with E-state index < -0.39 is 5.97 Å². The number of carboxylic acids is 1. The standard InChI is InChI=1S/C27H27ClO5/c1-17-14-21(9-10-22(17)23-16-24(23)27(29)30)31-13-12-18(2)32-25-11-8-19(28)15-26(25)33-20-6-4-3-5-7-20/h3-11,14-15,18,23-24H,12-13,16H2,1-2H3,(H,29,30)/t18-,23?,24-/m1/s1. The number of hydrogen-bond acceptors (Lipinski definition) is 4. The van der Waals surface area contributed by atoms with E-state index >= 15 is 0 Å². The molecule has 1 saturated carbocycles. The fourth-order valence-electron chi connectivity index (χ4n) is 3.86. The third-order valence-corrected chi connectivity index (χ3v) is 5.98. The summed E-state index contributed by atoms with van der Waals surface area (Å²) in [7, 11) is 0. The van der Waals surface area contributed by atoms with Gasteiger partial charge in [-0.05, 0) is 73.7 Å². The fraction of sp³-hybridized carbons (Fsp3) is 0.296. The van der Waals surface area contributed by atoms with E-state index in [9.17, 15) is 4.79 Å². The lowest BCUT2D eigenvalue weighted by molar-refractivity contribution is -0.138. The van der Waals surface area contributed by atoms with Gasteiger partial charge < -0.3 is 19.3 Å². The highest BCUT2D eigenvalue weighted by molar-refractivity contribution is 6.30. The molecule has 1 N–H and O–H groups in total. The number of benzene rings is 3. The first-order chi connectivity index (χ1) is 15.9. The highest BCUT2D eigenvalue weighted by atomic mass is 35.5.